The minimum atomic E-state index is -5.70. The molecular weight excluding hydrogens is 1510 g/mol. The first-order valence-electron chi connectivity index (χ1n) is 32.3. The fourth-order valence-electron chi connectivity index (χ4n) is 13.1. The van der Waals surface area contributed by atoms with Crippen molar-refractivity contribution in [3.05, 3.63) is 312 Å². The van der Waals surface area contributed by atoms with E-state index in [4.69, 9.17) is 57.6 Å². The van der Waals surface area contributed by atoms with Crippen molar-refractivity contribution >= 4 is 129 Å². The second-order valence-corrected chi connectivity index (χ2v) is 55.4. The van der Waals surface area contributed by atoms with Gasteiger partial charge in [-0.3, -0.25) is 0 Å². The van der Waals surface area contributed by atoms with Crippen LogP contribution < -0.4 is 41.5 Å². The predicted octanol–water partition coefficient (Wildman–Crippen LogP) is 9.86. The van der Waals surface area contributed by atoms with Crippen molar-refractivity contribution in [1.29, 1.82) is 0 Å². The molecule has 16 rings (SSSR count). The first-order chi connectivity index (χ1) is 49.0. The largest absolute Gasteiger partial charge is 0.515 e. The normalized spacial score (nSPS) is 29.8. The summed E-state index contributed by atoms with van der Waals surface area (Å²) in [4.78, 5) is 0. The van der Waals surface area contributed by atoms with E-state index in [1.165, 1.54) is 0 Å². The molecule has 0 amide bonds. The number of halogens is 10. The Balaban J connectivity index is 1.13. The molecule has 6 fully saturated rings. The highest BCUT2D eigenvalue weighted by Gasteiger charge is 2.83. The Morgan fingerprint density at radius 2 is 0.333 bits per heavy atom. The zero-order valence-corrected chi connectivity index (χ0v) is 63.8. The molecule has 6 heterocycles. The average Bonchev–Trinajstić information content (AvgIpc) is 0.676. The van der Waals surface area contributed by atoms with Crippen LogP contribution in [0.1, 0.15) is 24.0 Å². The molecule has 0 radical (unpaired) electrons. The van der Waals surface area contributed by atoms with Crippen LogP contribution in [-0.4, -0.2) is 87.6 Å². The molecule has 8 bridgehead atoms. The minimum Gasteiger partial charge on any atom is -0.391 e. The molecule has 0 N–H and O–H groups in total. The number of fused-ring (bicyclic) bond motifs is 4. The smallest absolute Gasteiger partial charge is 0.391 e. The zero-order chi connectivity index (χ0) is 71.0. The molecule has 0 saturated carbocycles. The first-order valence-corrected chi connectivity index (χ1v) is 51.2. The van der Waals surface area contributed by atoms with Crippen LogP contribution in [0.2, 0.25) is 25.2 Å². The summed E-state index contributed by atoms with van der Waals surface area (Å²) in [6, 6.07) is 67.1. The van der Waals surface area contributed by atoms with Crippen LogP contribution in [0.5, 0.6) is 0 Å². The lowest BCUT2D eigenvalue weighted by molar-refractivity contribution is 0.0252. The second-order valence-electron chi connectivity index (χ2n) is 24.9. The van der Waals surface area contributed by atoms with Crippen LogP contribution in [-0.2, 0) is 70.5 Å². The Morgan fingerprint density at radius 1 is 0.196 bits per heavy atom. The van der Waals surface area contributed by atoms with Gasteiger partial charge in [-0.05, 0) is 50.9 Å². The molecule has 10 aromatic carbocycles. The number of rotatable bonds is 16. The molecule has 6 aliphatic rings. The molecule has 0 aromatic heterocycles. The maximum absolute atomic E-state index is 16.1. The lowest BCUT2D eigenvalue weighted by Crippen LogP contribution is -2.93. The Labute approximate surface area is 589 Å². The van der Waals surface area contributed by atoms with Crippen LogP contribution in [0.15, 0.2) is 243 Å². The fourth-order valence-corrected chi connectivity index (χ4v) is 69.8. The van der Waals surface area contributed by atoms with E-state index in [1.54, 1.807) is 256 Å². The summed E-state index contributed by atoms with van der Waals surface area (Å²) in [6.45, 7) is 3.23. The lowest BCUT2D eigenvalue weighted by Gasteiger charge is -2.61. The maximum atomic E-state index is 16.1. The summed E-state index contributed by atoms with van der Waals surface area (Å²) < 4.78 is 271. The van der Waals surface area contributed by atoms with Gasteiger partial charge in [0.25, 0.3) is 0 Å². The summed E-state index contributed by atoms with van der Waals surface area (Å²) in [5.41, 5.74) is -2.22. The van der Waals surface area contributed by atoms with Crippen molar-refractivity contribution in [3.63, 3.8) is 0 Å². The molecule has 14 nitrogen and oxygen atoms in total. The Hall–Kier alpha value is -6.89. The van der Waals surface area contributed by atoms with E-state index >= 15 is 35.1 Å². The van der Waals surface area contributed by atoms with Gasteiger partial charge < -0.3 is 57.6 Å². The summed E-state index contributed by atoms with van der Waals surface area (Å²) in [6.07, 6.45) is -2.38. The number of hydrogen-bond donors (Lipinski definition) is 0. The van der Waals surface area contributed by atoms with Gasteiger partial charge in [0, 0.05) is 52.6 Å². The van der Waals surface area contributed by atoms with Crippen molar-refractivity contribution in [3.8, 4) is 0 Å². The minimum absolute atomic E-state index is 0.162. The van der Waals surface area contributed by atoms with Gasteiger partial charge in [-0.15, -0.1) is 0 Å². The van der Waals surface area contributed by atoms with Gasteiger partial charge in [0.15, 0.2) is 46.5 Å². The Bertz CT molecular complexity index is 4150. The van der Waals surface area contributed by atoms with Crippen LogP contribution >= 0.6 is 0 Å². The highest BCUT2D eigenvalue weighted by atomic mass is 28.6. The van der Waals surface area contributed by atoms with Gasteiger partial charge in [-0.2, -0.15) is 0 Å². The molecule has 102 heavy (non-hydrogen) atoms. The third-order valence-corrected chi connectivity index (χ3v) is 61.4. The van der Waals surface area contributed by atoms with Crippen LogP contribution in [0.4, 0.5) is 43.9 Å². The van der Waals surface area contributed by atoms with Crippen molar-refractivity contribution < 1.29 is 102 Å². The molecule has 0 unspecified atom stereocenters. The Morgan fingerprint density at radius 3 is 0.490 bits per heavy atom. The SMILES string of the molecule is C[Si]1(CCCc2c(F)c(F)c(F)c(F)c2F)O[Si]2(c3ccccc3)O[Si]3(c4ccccc4)O[Si]4(c5ccccc5)O[Si](C)(CCCc5c(F)c(F)c(F)c(F)c5F)O[Si]5(c6ccccc6)O[Si](c6ccccc6)(O[Si](c6ccccc6)(O1)O[Si](c1ccccc1)(O5)O[Si](c1ccccc1)(O2)O4)O3. The lowest BCUT2D eigenvalue weighted by atomic mass is 10.1. The molecule has 6 aliphatic heterocycles. The van der Waals surface area contributed by atoms with E-state index in [0.29, 0.717) is 0 Å². The van der Waals surface area contributed by atoms with Crippen molar-refractivity contribution in [1.82, 2.24) is 0 Å². The van der Waals surface area contributed by atoms with Crippen LogP contribution in [0.25, 0.3) is 0 Å². The molecule has 34 heteroatoms. The van der Waals surface area contributed by atoms with Gasteiger partial charge in [0.1, 0.15) is 0 Å². The molecule has 0 atom stereocenters. The predicted molar refractivity (Wildman–Crippen MR) is 372 cm³/mol. The van der Waals surface area contributed by atoms with Crippen molar-refractivity contribution in [2.24, 2.45) is 0 Å². The van der Waals surface area contributed by atoms with E-state index in [-0.39, 0.29) is 41.5 Å². The van der Waals surface area contributed by atoms with E-state index in [9.17, 15) is 8.78 Å². The van der Waals surface area contributed by atoms with Crippen molar-refractivity contribution in [2.75, 3.05) is 0 Å². The summed E-state index contributed by atoms with van der Waals surface area (Å²) in [5.74, 6) is -21.4. The maximum Gasteiger partial charge on any atom is 0.515 e. The van der Waals surface area contributed by atoms with E-state index in [0.717, 1.165) is 0 Å². The summed E-state index contributed by atoms with van der Waals surface area (Å²) in [5, 5.41) is 1.39. The zero-order valence-electron chi connectivity index (χ0n) is 53.8. The second kappa shape index (κ2) is 27.2. The third-order valence-electron chi connectivity index (χ3n) is 17.8. The molecule has 0 aliphatic carbocycles. The number of benzene rings is 10. The summed E-state index contributed by atoms with van der Waals surface area (Å²) in [7, 11) is -54.8. The van der Waals surface area contributed by atoms with Crippen molar-refractivity contribution in [2.45, 2.75) is 50.9 Å². The van der Waals surface area contributed by atoms with Crippen LogP contribution in [0.3, 0.4) is 0 Å². The van der Waals surface area contributed by atoms with E-state index in [2.05, 4.69) is 0 Å². The van der Waals surface area contributed by atoms with Crippen LogP contribution in [0, 0.1) is 58.2 Å². The first kappa shape index (κ1) is 70.8. The Kier molecular flexibility index (Phi) is 18.9. The molecule has 0 spiro atoms. The fraction of sp³-hybridized carbons (Fsp3) is 0.118. The summed E-state index contributed by atoms with van der Waals surface area (Å²) >= 11 is 0. The topological polar surface area (TPSA) is 129 Å². The third kappa shape index (κ3) is 12.5. The van der Waals surface area contributed by atoms with Gasteiger partial charge in [-0.25, -0.2) is 43.9 Å². The molecule has 524 valence electrons. The standard InChI is InChI=1S/C68H58F10O14Si10/c1-93(47-27-45-57-59(69)63(73)67(77)64(74)60(57)70)79-95(49-29-11-3-12-30-49)83-99(53-37-19-7-20-38-53)87-97(51-33-15-5-16-34-51)81-94(2,48-28-46-58-61(71)65(75)68(78)66(76)62(58)72)82-98(52-35-17-6-18-36-52)89-101(91-99,55-41-23-9-24-42-55)85-96(80-93,50-31-13-4-14-32-50)86-102(90-98,56-43-25-10-26-44-56)92-100(84-95,88-97)54-39-21-8-22-40-54/h3-26,29-44H,27-28,45-48H2,1-2H3. The van der Waals surface area contributed by atoms with Gasteiger partial charge in [0.05, 0.1) is 0 Å². The van der Waals surface area contributed by atoms with Gasteiger partial charge >= 0.3 is 87.6 Å². The highest BCUT2D eigenvalue weighted by Crippen LogP contribution is 2.48. The molecule has 10 aromatic rings. The monoisotopic (exact) mass is 1570 g/mol. The molecule has 6 saturated heterocycles. The van der Waals surface area contributed by atoms with Gasteiger partial charge in [0.2, 0.25) is 11.6 Å². The van der Waals surface area contributed by atoms with Gasteiger partial charge in [-0.1, -0.05) is 243 Å². The number of hydrogen-bond acceptors (Lipinski definition) is 14. The van der Waals surface area contributed by atoms with E-state index in [1.807, 2.05) is 0 Å². The molecular formula is C68H58F10O14Si10. The average molecular weight is 1570 g/mol. The highest BCUT2D eigenvalue weighted by molar-refractivity contribution is 7.12. The quantitative estimate of drug-likeness (QED) is 0.0394. The van der Waals surface area contributed by atoms with E-state index < -0.39 is 195 Å².